The van der Waals surface area contributed by atoms with E-state index < -0.39 is 10.1 Å². The summed E-state index contributed by atoms with van der Waals surface area (Å²) >= 11 is 1.25. The lowest BCUT2D eigenvalue weighted by atomic mass is 9.88. The van der Waals surface area contributed by atoms with E-state index in [0.29, 0.717) is 0 Å². The van der Waals surface area contributed by atoms with Crippen molar-refractivity contribution in [2.24, 2.45) is 5.92 Å². The molecule has 14 heavy (non-hydrogen) atoms. The Labute approximate surface area is 90.4 Å². The van der Waals surface area contributed by atoms with Gasteiger partial charge in [-0.15, -0.1) is 11.8 Å². The lowest BCUT2D eigenvalue weighted by Crippen LogP contribution is -2.08. The molecule has 1 aliphatic rings. The average Bonchev–Trinajstić information content (AvgIpc) is 2.13. The normalized spacial score (nSPS) is 19.8. The van der Waals surface area contributed by atoms with Gasteiger partial charge in [0.2, 0.25) is 0 Å². The molecule has 1 fully saturated rings. The molecule has 0 aromatic rings. The highest BCUT2D eigenvalue weighted by molar-refractivity contribution is 8.10. The molecule has 1 aliphatic carbocycles. The third-order valence-corrected chi connectivity index (χ3v) is 4.97. The van der Waals surface area contributed by atoms with Crippen molar-refractivity contribution in [3.63, 3.8) is 0 Å². The van der Waals surface area contributed by atoms with Crippen molar-refractivity contribution in [2.45, 2.75) is 38.5 Å². The summed E-state index contributed by atoms with van der Waals surface area (Å²) < 4.78 is 30.9. The minimum Gasteiger partial charge on any atom is -0.747 e. The molecule has 84 valence electrons. The van der Waals surface area contributed by atoms with Crippen LogP contribution in [0.4, 0.5) is 0 Å². The van der Waals surface area contributed by atoms with Crippen LogP contribution in [-0.4, -0.2) is 23.8 Å². The van der Waals surface area contributed by atoms with E-state index in [-0.39, 0.29) is 5.08 Å². The maximum absolute atomic E-state index is 10.3. The van der Waals surface area contributed by atoms with E-state index in [0.717, 1.165) is 18.1 Å². The molecule has 0 bridgehead atoms. The van der Waals surface area contributed by atoms with E-state index in [9.17, 15) is 13.0 Å². The van der Waals surface area contributed by atoms with Gasteiger partial charge in [0.05, 0.1) is 5.08 Å². The van der Waals surface area contributed by atoms with Crippen molar-refractivity contribution in [3.05, 3.63) is 0 Å². The van der Waals surface area contributed by atoms with Crippen molar-refractivity contribution in [3.8, 4) is 0 Å². The summed E-state index contributed by atoms with van der Waals surface area (Å²) in [6, 6.07) is 0. The summed E-state index contributed by atoms with van der Waals surface area (Å²) in [7, 11) is -4.01. The molecule has 0 N–H and O–H groups in total. The van der Waals surface area contributed by atoms with Crippen LogP contribution in [0, 0.1) is 5.92 Å². The summed E-state index contributed by atoms with van der Waals surface area (Å²) in [5.74, 6) is 1.58. The van der Waals surface area contributed by atoms with Gasteiger partial charge in [-0.1, -0.05) is 32.1 Å². The monoisotopic (exact) mass is 237 g/mol. The van der Waals surface area contributed by atoms with Crippen molar-refractivity contribution in [1.82, 2.24) is 0 Å². The Morgan fingerprint density at radius 1 is 1.21 bits per heavy atom. The van der Waals surface area contributed by atoms with Crippen molar-refractivity contribution in [1.29, 1.82) is 0 Å². The second kappa shape index (κ2) is 5.98. The van der Waals surface area contributed by atoms with Crippen molar-refractivity contribution < 1.29 is 13.0 Å². The molecule has 0 aliphatic heterocycles. The van der Waals surface area contributed by atoms with Gasteiger partial charge in [-0.3, -0.25) is 0 Å². The number of rotatable bonds is 5. The van der Waals surface area contributed by atoms with E-state index in [1.807, 2.05) is 0 Å². The van der Waals surface area contributed by atoms with Gasteiger partial charge in [-0.25, -0.2) is 8.42 Å². The van der Waals surface area contributed by atoms with Crippen molar-refractivity contribution in [2.75, 3.05) is 10.8 Å². The van der Waals surface area contributed by atoms with Crippen LogP contribution in [0.15, 0.2) is 0 Å². The first-order chi connectivity index (χ1) is 6.58. The van der Waals surface area contributed by atoms with Gasteiger partial charge < -0.3 is 4.55 Å². The Balaban J connectivity index is 2.03. The maximum atomic E-state index is 10.3. The molecule has 1 rings (SSSR count). The molecule has 0 heterocycles. The van der Waals surface area contributed by atoms with Crippen LogP contribution in [0.5, 0.6) is 0 Å². The summed E-state index contributed by atoms with van der Waals surface area (Å²) in [5.41, 5.74) is 0. The van der Waals surface area contributed by atoms with Crippen LogP contribution in [0.1, 0.15) is 38.5 Å². The second-order valence-corrected chi connectivity index (χ2v) is 6.75. The standard InChI is InChI=1S/C9H18O3S2/c10-14(11,12)8-13-7-6-9-4-2-1-3-5-9/h9H,1-8H2,(H,10,11,12)/p-1. The number of hydrogen-bond acceptors (Lipinski definition) is 4. The fourth-order valence-corrected chi connectivity index (χ4v) is 3.67. The van der Waals surface area contributed by atoms with Crippen LogP contribution < -0.4 is 0 Å². The van der Waals surface area contributed by atoms with Gasteiger partial charge in [0, 0.05) is 0 Å². The molecule has 0 aromatic heterocycles. The SMILES string of the molecule is O=S(=O)([O-])CSCCC1CCCCC1. The van der Waals surface area contributed by atoms with Crippen LogP contribution in [-0.2, 0) is 10.1 Å². The zero-order valence-electron chi connectivity index (χ0n) is 8.28. The Morgan fingerprint density at radius 3 is 2.43 bits per heavy atom. The molecule has 0 amide bonds. The Hall–Kier alpha value is 0.260. The van der Waals surface area contributed by atoms with Crippen molar-refractivity contribution >= 4 is 21.9 Å². The summed E-state index contributed by atoms with van der Waals surface area (Å²) in [6.45, 7) is 0. The quantitative estimate of drug-likeness (QED) is 0.543. The third-order valence-electron chi connectivity index (χ3n) is 2.62. The van der Waals surface area contributed by atoms with E-state index in [2.05, 4.69) is 0 Å². The molecular weight excluding hydrogens is 220 g/mol. The highest BCUT2D eigenvalue weighted by atomic mass is 32.3. The third kappa shape index (κ3) is 5.88. The Kier molecular flexibility index (Phi) is 5.26. The molecule has 3 nitrogen and oxygen atoms in total. The van der Waals surface area contributed by atoms with Crippen LogP contribution >= 0.6 is 11.8 Å². The molecule has 0 atom stereocenters. The fraction of sp³-hybridized carbons (Fsp3) is 1.00. The van der Waals surface area contributed by atoms with Crippen LogP contribution in [0.25, 0.3) is 0 Å². The smallest absolute Gasteiger partial charge is 0.104 e. The van der Waals surface area contributed by atoms with Gasteiger partial charge >= 0.3 is 0 Å². The van der Waals surface area contributed by atoms with Gasteiger partial charge in [-0.2, -0.15) is 0 Å². The minimum atomic E-state index is -4.01. The first-order valence-corrected chi connectivity index (χ1v) is 7.82. The van der Waals surface area contributed by atoms with Crippen LogP contribution in [0.2, 0.25) is 0 Å². The van der Waals surface area contributed by atoms with Gasteiger partial charge in [0.25, 0.3) is 0 Å². The lowest BCUT2D eigenvalue weighted by Gasteiger charge is -2.21. The Bertz CT molecular complexity index is 243. The van der Waals surface area contributed by atoms with Gasteiger partial charge in [0.15, 0.2) is 0 Å². The highest BCUT2D eigenvalue weighted by Crippen LogP contribution is 2.27. The molecule has 0 radical (unpaired) electrons. The van der Waals surface area contributed by atoms with Crippen LogP contribution in [0.3, 0.4) is 0 Å². The summed E-state index contributed by atoms with van der Waals surface area (Å²) in [5, 5.41) is -0.264. The topological polar surface area (TPSA) is 57.2 Å². The maximum Gasteiger partial charge on any atom is 0.104 e. The summed E-state index contributed by atoms with van der Waals surface area (Å²) in [6.07, 6.45) is 7.61. The number of hydrogen-bond donors (Lipinski definition) is 0. The summed E-state index contributed by atoms with van der Waals surface area (Å²) in [4.78, 5) is 0. The lowest BCUT2D eigenvalue weighted by molar-refractivity contribution is 0.351. The average molecular weight is 237 g/mol. The first kappa shape index (κ1) is 12.3. The fourth-order valence-electron chi connectivity index (χ4n) is 1.89. The number of thioether (sulfide) groups is 1. The second-order valence-electron chi connectivity index (χ2n) is 3.88. The largest absolute Gasteiger partial charge is 0.747 e. The van der Waals surface area contributed by atoms with E-state index in [4.69, 9.17) is 0 Å². The van der Waals surface area contributed by atoms with E-state index >= 15 is 0 Å². The molecule has 0 spiro atoms. The predicted molar refractivity (Wildman–Crippen MR) is 58.2 cm³/mol. The molecular formula is C9H17O3S2-. The van der Waals surface area contributed by atoms with Gasteiger partial charge in [0.1, 0.15) is 10.1 Å². The van der Waals surface area contributed by atoms with E-state index in [1.165, 1.54) is 43.9 Å². The minimum absolute atomic E-state index is 0.264. The molecule has 5 heteroatoms. The Morgan fingerprint density at radius 2 is 1.86 bits per heavy atom. The molecule has 0 unspecified atom stereocenters. The van der Waals surface area contributed by atoms with Gasteiger partial charge in [-0.05, 0) is 18.1 Å². The predicted octanol–water partition coefficient (Wildman–Crippen LogP) is 2.19. The zero-order valence-corrected chi connectivity index (χ0v) is 9.91. The highest BCUT2D eigenvalue weighted by Gasteiger charge is 2.12. The van der Waals surface area contributed by atoms with E-state index in [1.54, 1.807) is 0 Å². The molecule has 1 saturated carbocycles. The molecule has 0 aromatic carbocycles. The first-order valence-electron chi connectivity index (χ1n) is 5.09. The molecule has 0 saturated heterocycles. The zero-order chi connectivity index (χ0) is 10.4.